The normalized spacial score (nSPS) is 10.5. The minimum atomic E-state index is -0.398. The predicted octanol–water partition coefficient (Wildman–Crippen LogP) is 2.90. The fourth-order valence-electron chi connectivity index (χ4n) is 2.57. The molecule has 3 aromatic rings. The van der Waals surface area contributed by atoms with E-state index in [4.69, 9.17) is 5.21 Å². The van der Waals surface area contributed by atoms with E-state index in [2.05, 4.69) is 10.2 Å². The number of aromatic nitrogens is 3. The molecule has 2 aromatic carbocycles. The largest absolute Gasteiger partial charge is 0.307 e. The van der Waals surface area contributed by atoms with E-state index in [-0.39, 0.29) is 6.42 Å². The van der Waals surface area contributed by atoms with E-state index < -0.39 is 5.91 Å². The van der Waals surface area contributed by atoms with Gasteiger partial charge in [0.15, 0.2) is 11.6 Å². The molecule has 0 radical (unpaired) electrons. The van der Waals surface area contributed by atoms with Crippen LogP contribution in [0.5, 0.6) is 0 Å². The highest BCUT2D eigenvalue weighted by atomic mass is 16.5. The summed E-state index contributed by atoms with van der Waals surface area (Å²) in [5, 5.41) is 17.3. The van der Waals surface area contributed by atoms with Gasteiger partial charge in [-0.3, -0.25) is 10.0 Å². The van der Waals surface area contributed by atoms with Gasteiger partial charge in [0.05, 0.1) is 0 Å². The fourth-order valence-corrected chi connectivity index (χ4v) is 2.57. The summed E-state index contributed by atoms with van der Waals surface area (Å²) >= 11 is 0. The van der Waals surface area contributed by atoms with Crippen molar-refractivity contribution in [2.75, 3.05) is 0 Å². The number of hydrogen-bond acceptors (Lipinski definition) is 4. The van der Waals surface area contributed by atoms with Crippen LogP contribution >= 0.6 is 0 Å². The van der Waals surface area contributed by atoms with Crippen molar-refractivity contribution in [3.8, 4) is 22.8 Å². The minimum absolute atomic E-state index is 0.233. The van der Waals surface area contributed by atoms with Crippen molar-refractivity contribution < 1.29 is 10.0 Å². The Morgan fingerprint density at radius 3 is 1.88 bits per heavy atom. The molecule has 0 bridgehead atoms. The van der Waals surface area contributed by atoms with Crippen LogP contribution in [0.1, 0.15) is 12.8 Å². The lowest BCUT2D eigenvalue weighted by molar-refractivity contribution is -0.129. The van der Waals surface area contributed by atoms with E-state index in [1.54, 1.807) is 5.48 Å². The smallest absolute Gasteiger partial charge is 0.243 e. The summed E-state index contributed by atoms with van der Waals surface area (Å²) in [6, 6.07) is 19.6. The summed E-state index contributed by atoms with van der Waals surface area (Å²) in [5.41, 5.74) is 3.60. The van der Waals surface area contributed by atoms with E-state index in [1.807, 2.05) is 65.2 Å². The molecule has 0 spiro atoms. The van der Waals surface area contributed by atoms with Gasteiger partial charge >= 0.3 is 0 Å². The first kappa shape index (κ1) is 15.9. The molecule has 0 saturated heterocycles. The number of amides is 1. The van der Waals surface area contributed by atoms with Gasteiger partial charge in [-0.15, -0.1) is 10.2 Å². The Morgan fingerprint density at radius 1 is 0.917 bits per heavy atom. The molecular formula is C18H18N4O2. The summed E-state index contributed by atoms with van der Waals surface area (Å²) in [7, 11) is 0. The molecule has 0 atom stereocenters. The molecule has 24 heavy (non-hydrogen) atoms. The Morgan fingerprint density at radius 2 is 1.42 bits per heavy atom. The van der Waals surface area contributed by atoms with Crippen LogP contribution in [-0.4, -0.2) is 25.9 Å². The van der Waals surface area contributed by atoms with Crippen LogP contribution in [0, 0.1) is 0 Å². The van der Waals surface area contributed by atoms with Crippen LogP contribution in [0.4, 0.5) is 0 Å². The average Bonchev–Trinajstić information content (AvgIpc) is 3.07. The van der Waals surface area contributed by atoms with Gasteiger partial charge in [-0.25, -0.2) is 5.48 Å². The summed E-state index contributed by atoms with van der Waals surface area (Å²) < 4.78 is 2.01. The molecule has 1 aromatic heterocycles. The van der Waals surface area contributed by atoms with Gasteiger partial charge in [0.2, 0.25) is 5.91 Å². The maximum absolute atomic E-state index is 11.2. The van der Waals surface area contributed by atoms with Gasteiger partial charge in [0.25, 0.3) is 0 Å². The third kappa shape index (κ3) is 3.49. The third-order valence-corrected chi connectivity index (χ3v) is 3.73. The molecule has 1 amide bonds. The zero-order chi connectivity index (χ0) is 16.8. The molecule has 2 N–H and O–H groups in total. The second kappa shape index (κ2) is 7.52. The second-order valence-corrected chi connectivity index (χ2v) is 5.37. The number of carbonyl (C=O) groups is 1. The summed E-state index contributed by atoms with van der Waals surface area (Å²) in [6.45, 7) is 0.578. The van der Waals surface area contributed by atoms with Crippen LogP contribution in [0.2, 0.25) is 0 Å². The molecule has 0 unspecified atom stereocenters. The molecule has 122 valence electrons. The Balaban J connectivity index is 1.95. The molecule has 0 aliphatic heterocycles. The van der Waals surface area contributed by atoms with Crippen LogP contribution in [0.15, 0.2) is 60.7 Å². The lowest BCUT2D eigenvalue weighted by Gasteiger charge is -2.10. The predicted molar refractivity (Wildman–Crippen MR) is 90.1 cm³/mol. The summed E-state index contributed by atoms with van der Waals surface area (Å²) in [5.74, 6) is 1.13. The van der Waals surface area contributed by atoms with Gasteiger partial charge < -0.3 is 4.57 Å². The molecule has 6 nitrogen and oxygen atoms in total. The lowest BCUT2D eigenvalue weighted by atomic mass is 10.2. The number of nitrogens with one attached hydrogen (secondary N) is 1. The Labute approximate surface area is 139 Å². The van der Waals surface area contributed by atoms with E-state index in [0.29, 0.717) is 13.0 Å². The van der Waals surface area contributed by atoms with E-state index in [1.165, 1.54) is 0 Å². The molecule has 0 fully saturated rings. The number of hydroxylamine groups is 1. The first-order valence-corrected chi connectivity index (χ1v) is 7.76. The van der Waals surface area contributed by atoms with Crippen molar-refractivity contribution in [3.05, 3.63) is 60.7 Å². The van der Waals surface area contributed by atoms with Crippen molar-refractivity contribution in [2.24, 2.45) is 0 Å². The highest BCUT2D eigenvalue weighted by Crippen LogP contribution is 2.24. The minimum Gasteiger partial charge on any atom is -0.307 e. The number of carbonyl (C=O) groups excluding carboxylic acids is 1. The topological polar surface area (TPSA) is 80.0 Å². The van der Waals surface area contributed by atoms with Gasteiger partial charge in [0.1, 0.15) is 0 Å². The maximum atomic E-state index is 11.2. The highest BCUT2D eigenvalue weighted by Gasteiger charge is 2.15. The first-order chi connectivity index (χ1) is 11.8. The Kier molecular flexibility index (Phi) is 4.98. The van der Waals surface area contributed by atoms with Crippen LogP contribution in [0.25, 0.3) is 22.8 Å². The molecule has 0 aliphatic rings. The first-order valence-electron chi connectivity index (χ1n) is 7.76. The van der Waals surface area contributed by atoms with E-state index in [0.717, 1.165) is 22.8 Å². The molecule has 1 heterocycles. The quantitative estimate of drug-likeness (QED) is 0.540. The van der Waals surface area contributed by atoms with Gasteiger partial charge in [-0.2, -0.15) is 0 Å². The summed E-state index contributed by atoms with van der Waals surface area (Å²) in [4.78, 5) is 11.2. The lowest BCUT2D eigenvalue weighted by Crippen LogP contribution is -2.18. The molecule has 0 saturated carbocycles. The SMILES string of the molecule is O=C(CCCn1c(-c2ccccc2)nnc1-c1ccccc1)NO. The zero-order valence-corrected chi connectivity index (χ0v) is 13.1. The monoisotopic (exact) mass is 322 g/mol. The van der Waals surface area contributed by atoms with Crippen LogP contribution in [0.3, 0.4) is 0 Å². The van der Waals surface area contributed by atoms with Crippen LogP contribution in [-0.2, 0) is 11.3 Å². The van der Waals surface area contributed by atoms with Crippen molar-refractivity contribution >= 4 is 5.91 Å². The van der Waals surface area contributed by atoms with Crippen molar-refractivity contribution in [3.63, 3.8) is 0 Å². The molecule has 6 heteroatoms. The molecular weight excluding hydrogens is 304 g/mol. The van der Waals surface area contributed by atoms with Gasteiger partial charge in [-0.05, 0) is 6.42 Å². The fraction of sp³-hybridized carbons (Fsp3) is 0.167. The van der Waals surface area contributed by atoms with Crippen molar-refractivity contribution in [1.82, 2.24) is 20.2 Å². The highest BCUT2D eigenvalue weighted by molar-refractivity contribution is 5.74. The summed E-state index contributed by atoms with van der Waals surface area (Å²) in [6.07, 6.45) is 0.807. The van der Waals surface area contributed by atoms with Crippen molar-refractivity contribution in [1.29, 1.82) is 0 Å². The van der Waals surface area contributed by atoms with Crippen molar-refractivity contribution in [2.45, 2.75) is 19.4 Å². The Hall–Kier alpha value is -2.99. The molecule has 0 aliphatic carbocycles. The van der Waals surface area contributed by atoms with Gasteiger partial charge in [-0.1, -0.05) is 60.7 Å². The van der Waals surface area contributed by atoms with E-state index >= 15 is 0 Å². The third-order valence-electron chi connectivity index (χ3n) is 3.73. The second-order valence-electron chi connectivity index (χ2n) is 5.37. The zero-order valence-electron chi connectivity index (χ0n) is 13.1. The van der Waals surface area contributed by atoms with E-state index in [9.17, 15) is 4.79 Å². The number of hydrogen-bond donors (Lipinski definition) is 2. The van der Waals surface area contributed by atoms with Crippen LogP contribution < -0.4 is 5.48 Å². The number of benzene rings is 2. The average molecular weight is 322 g/mol. The Bertz CT molecular complexity index is 743. The maximum Gasteiger partial charge on any atom is 0.243 e. The number of nitrogens with zero attached hydrogens (tertiary/aromatic N) is 3. The number of rotatable bonds is 6. The molecule has 3 rings (SSSR count). The standard InChI is InChI=1S/C18H18N4O2/c23-16(21-24)12-7-13-22-17(14-8-3-1-4-9-14)19-20-18(22)15-10-5-2-6-11-15/h1-6,8-11,24H,7,12-13H2,(H,21,23). The van der Waals surface area contributed by atoms with Gasteiger partial charge in [0, 0.05) is 24.1 Å².